The van der Waals surface area contributed by atoms with Gasteiger partial charge in [0.2, 0.25) is 0 Å². The molecule has 0 aliphatic carbocycles. The molecule has 5 nitrogen and oxygen atoms in total. The lowest BCUT2D eigenvalue weighted by molar-refractivity contribution is -0.384. The number of nitro groups is 1. The number of thiazole rings is 1. The van der Waals surface area contributed by atoms with Crippen molar-refractivity contribution in [1.29, 1.82) is 0 Å². The number of rotatable bonds is 4. The molecule has 0 radical (unpaired) electrons. The first-order valence-electron chi connectivity index (χ1n) is 7.67. The zero-order chi connectivity index (χ0) is 18.1. The van der Waals surface area contributed by atoms with Crippen LogP contribution in [-0.2, 0) is 0 Å². The van der Waals surface area contributed by atoms with Gasteiger partial charge in [0.05, 0.1) is 15.1 Å². The summed E-state index contributed by atoms with van der Waals surface area (Å²) < 4.78 is 6.59. The van der Waals surface area contributed by atoms with Crippen molar-refractivity contribution in [1.82, 2.24) is 4.98 Å². The van der Waals surface area contributed by atoms with E-state index in [9.17, 15) is 10.1 Å². The maximum atomic E-state index is 10.9. The molecule has 7 heteroatoms. The van der Waals surface area contributed by atoms with Crippen LogP contribution in [-0.4, -0.2) is 9.91 Å². The highest BCUT2D eigenvalue weighted by Crippen LogP contribution is 2.28. The summed E-state index contributed by atoms with van der Waals surface area (Å²) in [4.78, 5) is 14.9. The van der Waals surface area contributed by atoms with E-state index in [4.69, 9.17) is 16.0 Å². The van der Waals surface area contributed by atoms with Gasteiger partial charge in [0.1, 0.15) is 16.5 Å². The molecule has 0 fully saturated rings. The zero-order valence-corrected chi connectivity index (χ0v) is 14.8. The van der Waals surface area contributed by atoms with Crippen LogP contribution < -0.4 is 0 Å². The number of aromatic nitrogens is 1. The number of nitrogens with zero attached hydrogens (tertiary/aromatic N) is 2. The predicted octanol–water partition coefficient (Wildman–Crippen LogP) is 6.29. The van der Waals surface area contributed by atoms with Crippen molar-refractivity contribution in [3.05, 3.63) is 80.5 Å². The third kappa shape index (κ3) is 3.37. The minimum absolute atomic E-state index is 0.0651. The molecule has 0 unspecified atom stereocenters. The van der Waals surface area contributed by atoms with E-state index in [1.165, 1.54) is 23.5 Å². The van der Waals surface area contributed by atoms with Gasteiger partial charge >= 0.3 is 0 Å². The Hall–Kier alpha value is -2.96. The summed E-state index contributed by atoms with van der Waals surface area (Å²) in [5.41, 5.74) is 1.75. The molecule has 26 heavy (non-hydrogen) atoms. The highest BCUT2D eigenvalue weighted by atomic mass is 35.5. The van der Waals surface area contributed by atoms with E-state index < -0.39 is 4.92 Å². The molecule has 0 bridgehead atoms. The van der Waals surface area contributed by atoms with Crippen LogP contribution in [0, 0.1) is 10.1 Å². The summed E-state index contributed by atoms with van der Waals surface area (Å²) in [7, 11) is 0. The first-order valence-corrected chi connectivity index (χ1v) is 8.87. The van der Waals surface area contributed by atoms with Gasteiger partial charge in [-0.05, 0) is 54.6 Å². The van der Waals surface area contributed by atoms with Crippen molar-refractivity contribution in [2.75, 3.05) is 0 Å². The summed E-state index contributed by atoms with van der Waals surface area (Å²) >= 11 is 7.29. The van der Waals surface area contributed by atoms with Gasteiger partial charge in [-0.15, -0.1) is 11.3 Å². The van der Waals surface area contributed by atoms with Gasteiger partial charge in [-0.1, -0.05) is 11.6 Å². The Bertz CT molecular complexity index is 1130. The van der Waals surface area contributed by atoms with Crippen molar-refractivity contribution in [3.8, 4) is 11.3 Å². The maximum Gasteiger partial charge on any atom is 0.270 e. The monoisotopic (exact) mass is 382 g/mol. The molecular weight excluding hydrogens is 372 g/mol. The Morgan fingerprint density at radius 3 is 2.65 bits per heavy atom. The fraction of sp³-hybridized carbons (Fsp3) is 0. The van der Waals surface area contributed by atoms with E-state index in [-0.39, 0.29) is 5.69 Å². The van der Waals surface area contributed by atoms with Crippen molar-refractivity contribution in [3.63, 3.8) is 0 Å². The second-order valence-corrected chi connectivity index (χ2v) is 7.00. The van der Waals surface area contributed by atoms with E-state index >= 15 is 0 Å². The summed E-state index contributed by atoms with van der Waals surface area (Å²) in [5, 5.41) is 12.3. The lowest BCUT2D eigenvalue weighted by Crippen LogP contribution is -1.85. The molecule has 128 valence electrons. The number of non-ortho nitro benzene ring substituents is 1. The zero-order valence-electron chi connectivity index (χ0n) is 13.3. The Morgan fingerprint density at radius 1 is 1.08 bits per heavy atom. The van der Waals surface area contributed by atoms with Crippen molar-refractivity contribution < 1.29 is 9.34 Å². The van der Waals surface area contributed by atoms with Gasteiger partial charge in [-0.3, -0.25) is 10.1 Å². The number of hydrogen-bond acceptors (Lipinski definition) is 5. The average Bonchev–Trinajstić information content (AvgIpc) is 3.26. The number of benzene rings is 2. The van der Waals surface area contributed by atoms with E-state index in [2.05, 4.69) is 4.98 Å². The van der Waals surface area contributed by atoms with Gasteiger partial charge in [-0.2, -0.15) is 0 Å². The van der Waals surface area contributed by atoms with Crippen LogP contribution in [0.4, 0.5) is 5.69 Å². The molecule has 0 amide bonds. The van der Waals surface area contributed by atoms with Crippen LogP contribution in [0.1, 0.15) is 10.8 Å². The molecular formula is C19H11ClN2O3S. The number of fused-ring (bicyclic) bond motifs is 1. The minimum atomic E-state index is -0.407. The Labute approximate surface area is 157 Å². The molecule has 0 saturated heterocycles. The van der Waals surface area contributed by atoms with E-state index in [1.807, 2.05) is 48.6 Å². The molecule has 2 aromatic heterocycles. The van der Waals surface area contributed by atoms with Crippen molar-refractivity contribution in [2.24, 2.45) is 0 Å². The van der Waals surface area contributed by atoms with Crippen LogP contribution in [0.3, 0.4) is 0 Å². The molecule has 2 heterocycles. The summed E-state index contributed by atoms with van der Waals surface area (Å²) in [6.07, 6.45) is 3.66. The number of halogens is 1. The van der Waals surface area contributed by atoms with Gasteiger partial charge in [-0.25, -0.2) is 4.98 Å². The van der Waals surface area contributed by atoms with Crippen LogP contribution in [0.25, 0.3) is 33.7 Å². The average molecular weight is 383 g/mol. The normalized spacial score (nSPS) is 11.4. The standard InChI is InChI=1S/C19H11ClN2O3S/c20-13-3-1-12(2-4-13)17-9-6-15(25-17)7-10-19-21-16-8-5-14(22(23)24)11-18(16)26-19/h1-11H/b10-7+. The third-order valence-electron chi connectivity index (χ3n) is 3.75. The first-order chi connectivity index (χ1) is 12.6. The van der Waals surface area contributed by atoms with Crippen LogP contribution in [0.5, 0.6) is 0 Å². The molecule has 4 aromatic rings. The lowest BCUT2D eigenvalue weighted by Gasteiger charge is -1.96. The molecule has 0 aliphatic rings. The van der Waals surface area contributed by atoms with E-state index in [0.29, 0.717) is 10.8 Å². The quantitative estimate of drug-likeness (QED) is 0.307. The van der Waals surface area contributed by atoms with Gasteiger partial charge in [0.25, 0.3) is 5.69 Å². The highest BCUT2D eigenvalue weighted by molar-refractivity contribution is 7.19. The van der Waals surface area contributed by atoms with Gasteiger partial charge in [0.15, 0.2) is 0 Å². The number of furan rings is 1. The SMILES string of the molecule is O=[N+]([O-])c1ccc2nc(/C=C/c3ccc(-c4ccc(Cl)cc4)o3)sc2c1. The van der Waals surface area contributed by atoms with Crippen molar-refractivity contribution >= 4 is 51.0 Å². The predicted molar refractivity (Wildman–Crippen MR) is 104 cm³/mol. The Morgan fingerprint density at radius 2 is 1.88 bits per heavy atom. The fourth-order valence-electron chi connectivity index (χ4n) is 2.48. The summed E-state index contributed by atoms with van der Waals surface area (Å²) in [6.45, 7) is 0. The number of hydrogen-bond donors (Lipinski definition) is 0. The van der Waals surface area contributed by atoms with E-state index in [1.54, 1.807) is 6.07 Å². The second kappa shape index (κ2) is 6.74. The van der Waals surface area contributed by atoms with Crippen molar-refractivity contribution in [2.45, 2.75) is 0 Å². The molecule has 0 atom stereocenters. The smallest absolute Gasteiger partial charge is 0.270 e. The largest absolute Gasteiger partial charge is 0.457 e. The summed E-state index contributed by atoms with van der Waals surface area (Å²) in [6, 6.07) is 15.8. The highest BCUT2D eigenvalue weighted by Gasteiger charge is 2.09. The third-order valence-corrected chi connectivity index (χ3v) is 4.98. The Kier molecular flexibility index (Phi) is 4.28. The molecule has 0 saturated carbocycles. The summed E-state index contributed by atoms with van der Waals surface area (Å²) in [5.74, 6) is 1.45. The molecule has 0 spiro atoms. The van der Waals surface area contributed by atoms with E-state index in [0.717, 1.165) is 26.5 Å². The maximum absolute atomic E-state index is 10.9. The Balaban J connectivity index is 1.57. The molecule has 0 N–H and O–H groups in total. The van der Waals surface area contributed by atoms with Crippen LogP contribution in [0.15, 0.2) is 59.0 Å². The lowest BCUT2D eigenvalue weighted by atomic mass is 10.2. The molecule has 4 rings (SSSR count). The second-order valence-electron chi connectivity index (χ2n) is 5.50. The van der Waals surface area contributed by atoms with Crippen LogP contribution >= 0.6 is 22.9 Å². The molecule has 2 aromatic carbocycles. The first kappa shape index (κ1) is 16.5. The van der Waals surface area contributed by atoms with Crippen LogP contribution in [0.2, 0.25) is 5.02 Å². The molecule has 0 aliphatic heterocycles. The van der Waals surface area contributed by atoms with Gasteiger partial charge in [0, 0.05) is 22.7 Å². The fourth-order valence-corrected chi connectivity index (χ4v) is 3.51. The topological polar surface area (TPSA) is 69.2 Å². The minimum Gasteiger partial charge on any atom is -0.457 e. The number of nitro benzene ring substituents is 1. The van der Waals surface area contributed by atoms with Gasteiger partial charge < -0.3 is 4.42 Å².